The maximum atomic E-state index is 12.1. The predicted octanol–water partition coefficient (Wildman–Crippen LogP) is 1.34. The van der Waals surface area contributed by atoms with Crippen LogP contribution in [0.2, 0.25) is 0 Å². The summed E-state index contributed by atoms with van der Waals surface area (Å²) < 4.78 is 15.6. The van der Waals surface area contributed by atoms with Crippen molar-refractivity contribution in [1.29, 1.82) is 0 Å². The Bertz CT molecular complexity index is 803. The van der Waals surface area contributed by atoms with E-state index in [-0.39, 0.29) is 23.3 Å². The van der Waals surface area contributed by atoms with Crippen LogP contribution in [0.3, 0.4) is 0 Å². The van der Waals surface area contributed by atoms with Gasteiger partial charge in [-0.2, -0.15) is 0 Å². The molecule has 29 heavy (non-hydrogen) atoms. The van der Waals surface area contributed by atoms with Crippen molar-refractivity contribution >= 4 is 24.2 Å². The largest absolute Gasteiger partial charge is 0.461 e. The van der Waals surface area contributed by atoms with Crippen LogP contribution in [0, 0.1) is 5.92 Å². The van der Waals surface area contributed by atoms with Crippen LogP contribution in [0.15, 0.2) is 47.6 Å². The minimum absolute atomic E-state index is 0.00668. The fraction of sp³-hybridized carbons (Fsp3) is 0.429. The SMILES string of the molecule is C=C(C)C(=O)O[C@H]1/C(C=O)=C\CC/C(COC(C)=O)=C\[C@H]2OC(=O)C(=C)[C@@H]2[C@@H]1O. The van der Waals surface area contributed by atoms with E-state index in [2.05, 4.69) is 13.2 Å². The Morgan fingerprint density at radius 3 is 2.66 bits per heavy atom. The van der Waals surface area contributed by atoms with Crippen LogP contribution >= 0.6 is 0 Å². The maximum absolute atomic E-state index is 12.1. The highest BCUT2D eigenvalue weighted by atomic mass is 16.6. The van der Waals surface area contributed by atoms with Crippen molar-refractivity contribution in [2.24, 2.45) is 5.92 Å². The first-order chi connectivity index (χ1) is 13.6. The summed E-state index contributed by atoms with van der Waals surface area (Å²) in [7, 11) is 0. The number of aliphatic hydroxyl groups is 1. The van der Waals surface area contributed by atoms with Crippen molar-refractivity contribution in [3.05, 3.63) is 47.6 Å². The summed E-state index contributed by atoms with van der Waals surface area (Å²) in [6.45, 7) is 9.87. The summed E-state index contributed by atoms with van der Waals surface area (Å²) in [5, 5.41) is 11.0. The number of hydrogen-bond donors (Lipinski definition) is 1. The topological polar surface area (TPSA) is 116 Å². The molecule has 156 valence electrons. The van der Waals surface area contributed by atoms with Crippen LogP contribution in [0.4, 0.5) is 0 Å². The van der Waals surface area contributed by atoms with Gasteiger partial charge in [0.25, 0.3) is 0 Å². The van der Waals surface area contributed by atoms with E-state index < -0.39 is 42.1 Å². The minimum atomic E-state index is -1.47. The second-order valence-corrected chi connectivity index (χ2v) is 6.98. The zero-order valence-electron chi connectivity index (χ0n) is 16.4. The summed E-state index contributed by atoms with van der Waals surface area (Å²) in [5.41, 5.74) is 0.792. The van der Waals surface area contributed by atoms with Gasteiger partial charge < -0.3 is 19.3 Å². The molecule has 1 N–H and O–H groups in total. The number of carbonyl (C=O) groups is 4. The maximum Gasteiger partial charge on any atom is 0.334 e. The predicted molar refractivity (Wildman–Crippen MR) is 101 cm³/mol. The van der Waals surface area contributed by atoms with Crippen molar-refractivity contribution in [3.8, 4) is 0 Å². The first kappa shape index (κ1) is 22.3. The highest BCUT2D eigenvalue weighted by molar-refractivity contribution is 5.91. The van der Waals surface area contributed by atoms with Crippen molar-refractivity contribution in [3.63, 3.8) is 0 Å². The number of aldehydes is 1. The van der Waals surface area contributed by atoms with Gasteiger partial charge in [-0.3, -0.25) is 9.59 Å². The zero-order valence-corrected chi connectivity index (χ0v) is 16.4. The van der Waals surface area contributed by atoms with Crippen LogP contribution < -0.4 is 0 Å². The molecule has 1 heterocycles. The molecular formula is C21H24O8. The molecule has 2 rings (SSSR count). The molecule has 0 aromatic carbocycles. The van der Waals surface area contributed by atoms with Crippen LogP contribution in [-0.4, -0.2) is 54.2 Å². The van der Waals surface area contributed by atoms with Gasteiger partial charge in [0.15, 0.2) is 6.10 Å². The van der Waals surface area contributed by atoms with E-state index in [0.717, 1.165) is 0 Å². The first-order valence-electron chi connectivity index (χ1n) is 9.08. The van der Waals surface area contributed by atoms with Crippen LogP contribution in [0.25, 0.3) is 0 Å². The van der Waals surface area contributed by atoms with Gasteiger partial charge in [-0.25, -0.2) is 9.59 Å². The summed E-state index contributed by atoms with van der Waals surface area (Å²) in [6.07, 6.45) is 0.677. The molecule has 0 spiro atoms. The Balaban J connectivity index is 2.46. The summed E-state index contributed by atoms with van der Waals surface area (Å²) in [5.74, 6) is -2.91. The second-order valence-electron chi connectivity index (χ2n) is 6.98. The quantitative estimate of drug-likeness (QED) is 0.240. The normalized spacial score (nSPS) is 30.6. The number of ether oxygens (including phenoxy) is 3. The van der Waals surface area contributed by atoms with E-state index in [1.807, 2.05) is 0 Å². The number of aliphatic hydroxyl groups excluding tert-OH is 1. The standard InChI is InChI=1S/C21H24O8/c1-11(2)20(25)29-19-15(9-22)7-5-6-14(10-27-13(4)23)8-16-17(18(19)24)12(3)21(26)28-16/h7-9,16-19,24H,1,3,5-6,10H2,2,4H3/b14-8+,15-7-/t16-,17+,18+,19+/m1/s1. The number of allylic oxidation sites excluding steroid dienone is 1. The van der Waals surface area contributed by atoms with Crippen LogP contribution in [0.5, 0.6) is 0 Å². The van der Waals surface area contributed by atoms with Gasteiger partial charge in [0.2, 0.25) is 0 Å². The molecule has 1 saturated heterocycles. The lowest BCUT2D eigenvalue weighted by Gasteiger charge is -2.30. The highest BCUT2D eigenvalue weighted by Gasteiger charge is 2.46. The summed E-state index contributed by atoms with van der Waals surface area (Å²) in [6, 6.07) is 0. The lowest BCUT2D eigenvalue weighted by Crippen LogP contribution is -2.42. The van der Waals surface area contributed by atoms with E-state index >= 15 is 0 Å². The van der Waals surface area contributed by atoms with Gasteiger partial charge >= 0.3 is 17.9 Å². The van der Waals surface area contributed by atoms with E-state index in [9.17, 15) is 24.3 Å². The average Bonchev–Trinajstić information content (AvgIpc) is 2.93. The molecule has 0 aromatic heterocycles. The smallest absolute Gasteiger partial charge is 0.334 e. The molecule has 8 heteroatoms. The van der Waals surface area contributed by atoms with Crippen molar-refractivity contribution in [2.45, 2.75) is 45.0 Å². The van der Waals surface area contributed by atoms with Gasteiger partial charge in [0.05, 0.1) is 5.92 Å². The van der Waals surface area contributed by atoms with E-state index in [0.29, 0.717) is 24.7 Å². The Morgan fingerprint density at radius 1 is 1.38 bits per heavy atom. The average molecular weight is 404 g/mol. The summed E-state index contributed by atoms with van der Waals surface area (Å²) in [4.78, 5) is 47.0. The third-order valence-corrected chi connectivity index (χ3v) is 4.69. The number of esters is 3. The number of hydrogen-bond acceptors (Lipinski definition) is 8. The summed E-state index contributed by atoms with van der Waals surface area (Å²) >= 11 is 0. The fourth-order valence-electron chi connectivity index (χ4n) is 3.17. The molecule has 0 unspecified atom stereocenters. The molecule has 2 aliphatic rings. The van der Waals surface area contributed by atoms with Crippen molar-refractivity contribution < 1.29 is 38.5 Å². The molecule has 0 aromatic rings. The molecule has 1 fully saturated rings. The van der Waals surface area contributed by atoms with Crippen LogP contribution in [-0.2, 0) is 33.4 Å². The minimum Gasteiger partial charge on any atom is -0.461 e. The number of rotatable bonds is 5. The van der Waals surface area contributed by atoms with E-state index in [4.69, 9.17) is 14.2 Å². The van der Waals surface area contributed by atoms with Gasteiger partial charge in [0.1, 0.15) is 25.1 Å². The molecule has 0 bridgehead atoms. The molecule has 1 aliphatic heterocycles. The van der Waals surface area contributed by atoms with Gasteiger partial charge in [0, 0.05) is 23.6 Å². The van der Waals surface area contributed by atoms with Crippen molar-refractivity contribution in [1.82, 2.24) is 0 Å². The Kier molecular flexibility index (Phi) is 7.28. The fourth-order valence-corrected chi connectivity index (χ4v) is 3.17. The highest BCUT2D eigenvalue weighted by Crippen LogP contribution is 2.35. The first-order valence-corrected chi connectivity index (χ1v) is 9.08. The molecule has 0 radical (unpaired) electrons. The lowest BCUT2D eigenvalue weighted by molar-refractivity contribution is -0.150. The second kappa shape index (κ2) is 9.47. The third-order valence-electron chi connectivity index (χ3n) is 4.69. The molecule has 0 amide bonds. The third kappa shape index (κ3) is 5.29. The molecule has 4 atom stereocenters. The molecular weight excluding hydrogens is 380 g/mol. The molecule has 0 saturated carbocycles. The van der Waals surface area contributed by atoms with E-state index in [1.165, 1.54) is 19.9 Å². The lowest BCUT2D eigenvalue weighted by atomic mass is 9.84. The van der Waals surface area contributed by atoms with Gasteiger partial charge in [-0.1, -0.05) is 19.2 Å². The zero-order chi connectivity index (χ0) is 21.7. The van der Waals surface area contributed by atoms with Crippen LogP contribution in [0.1, 0.15) is 26.7 Å². The van der Waals surface area contributed by atoms with E-state index in [1.54, 1.807) is 6.08 Å². The van der Waals surface area contributed by atoms with Gasteiger partial charge in [-0.15, -0.1) is 0 Å². The van der Waals surface area contributed by atoms with Crippen molar-refractivity contribution in [2.75, 3.05) is 6.61 Å². The Morgan fingerprint density at radius 2 is 2.07 bits per heavy atom. The Hall–Kier alpha value is -3.00. The monoisotopic (exact) mass is 404 g/mol. The number of carbonyl (C=O) groups excluding carboxylic acids is 4. The number of fused-ring (bicyclic) bond motifs is 1. The molecule has 8 nitrogen and oxygen atoms in total. The van der Waals surface area contributed by atoms with Gasteiger partial charge in [-0.05, 0) is 31.4 Å². The molecule has 1 aliphatic carbocycles. The Labute approximate surface area is 168 Å².